The van der Waals surface area contributed by atoms with Crippen LogP contribution >= 0.6 is 46.0 Å². The number of thioether (sulfide) groups is 1. The van der Waals surface area contributed by atoms with E-state index in [0.717, 1.165) is 8.47 Å². The Morgan fingerprint density at radius 1 is 1.22 bits per heavy atom. The van der Waals surface area contributed by atoms with Crippen LogP contribution in [-0.2, 0) is 0 Å². The Hall–Kier alpha value is -0.790. The molecule has 0 bridgehead atoms. The zero-order valence-corrected chi connectivity index (χ0v) is 19.1. The minimum Gasteiger partial charge on any atom is -0.322 e. The van der Waals surface area contributed by atoms with Gasteiger partial charge >= 0.3 is 0 Å². The predicted molar refractivity (Wildman–Crippen MR) is 120 cm³/mol. The Balaban J connectivity index is 1.70. The average molecular weight is 518 g/mol. The van der Waals surface area contributed by atoms with Crippen LogP contribution in [0.25, 0.3) is 0 Å². The van der Waals surface area contributed by atoms with Gasteiger partial charge in [-0.3, -0.25) is 4.79 Å². The first-order valence-electron chi connectivity index (χ1n) is 8.96. The zero-order valence-electron chi connectivity index (χ0n) is 15.3. The highest BCUT2D eigenvalue weighted by molar-refractivity contribution is 14.1. The minimum absolute atomic E-state index is 0.00752. The van der Waals surface area contributed by atoms with E-state index >= 15 is 0 Å². The van der Waals surface area contributed by atoms with E-state index in [1.54, 1.807) is 0 Å². The number of anilines is 1. The van der Waals surface area contributed by atoms with Crippen LogP contribution in [0.15, 0.2) is 41.3 Å². The lowest BCUT2D eigenvalue weighted by atomic mass is 9.77. The van der Waals surface area contributed by atoms with Gasteiger partial charge < -0.3 is 5.32 Å². The Labute approximate surface area is 182 Å². The lowest BCUT2D eigenvalue weighted by molar-refractivity contribution is 0.102. The number of halogens is 3. The maximum Gasteiger partial charge on any atom is 0.255 e. The summed E-state index contributed by atoms with van der Waals surface area (Å²) in [6.07, 6.45) is 4.90. The van der Waals surface area contributed by atoms with Gasteiger partial charge in [0.15, 0.2) is 0 Å². The third kappa shape index (κ3) is 5.61. The SMILES string of the molecule is CC1(C)CCC(Sc2cc(C(=O)Nc3ccc(F)c(Cl)c3)ccc2I)CC1. The standard InChI is InChI=1S/C21H22ClFINOS/c1-21(2)9-7-15(8-10-21)27-19-11-13(3-6-18(19)24)20(26)25-14-4-5-17(23)16(22)12-14/h3-6,11-12,15H,7-10H2,1-2H3,(H,25,26). The zero-order chi connectivity index (χ0) is 19.6. The van der Waals surface area contributed by atoms with Gasteiger partial charge in [-0.25, -0.2) is 4.39 Å². The summed E-state index contributed by atoms with van der Waals surface area (Å²) in [5.41, 5.74) is 1.52. The van der Waals surface area contributed by atoms with Gasteiger partial charge in [-0.2, -0.15) is 0 Å². The molecule has 2 nitrogen and oxygen atoms in total. The average Bonchev–Trinajstić information content (AvgIpc) is 2.61. The molecule has 27 heavy (non-hydrogen) atoms. The largest absolute Gasteiger partial charge is 0.322 e. The van der Waals surface area contributed by atoms with Crippen molar-refractivity contribution in [2.75, 3.05) is 5.32 Å². The van der Waals surface area contributed by atoms with E-state index in [1.807, 2.05) is 30.0 Å². The van der Waals surface area contributed by atoms with E-state index in [2.05, 4.69) is 41.8 Å². The lowest BCUT2D eigenvalue weighted by Crippen LogP contribution is -2.22. The highest BCUT2D eigenvalue weighted by Gasteiger charge is 2.27. The van der Waals surface area contributed by atoms with Gasteiger partial charge in [-0.15, -0.1) is 11.8 Å². The summed E-state index contributed by atoms with van der Waals surface area (Å²) in [5, 5.41) is 3.38. The van der Waals surface area contributed by atoms with Crippen molar-refractivity contribution < 1.29 is 9.18 Å². The fourth-order valence-corrected chi connectivity index (χ4v) is 5.29. The Kier molecular flexibility index (Phi) is 6.75. The maximum absolute atomic E-state index is 13.3. The van der Waals surface area contributed by atoms with Crippen molar-refractivity contribution in [3.05, 3.63) is 56.4 Å². The second-order valence-corrected chi connectivity index (χ2v) is 10.6. The number of hydrogen-bond donors (Lipinski definition) is 1. The lowest BCUT2D eigenvalue weighted by Gasteiger charge is -2.34. The number of amides is 1. The first kappa shape index (κ1) is 20.9. The number of nitrogens with one attached hydrogen (secondary N) is 1. The Bertz CT molecular complexity index is 848. The molecule has 144 valence electrons. The fourth-order valence-electron chi connectivity index (χ4n) is 3.18. The molecule has 1 amide bonds. The van der Waals surface area contributed by atoms with Crippen molar-refractivity contribution in [2.45, 2.75) is 49.7 Å². The first-order valence-corrected chi connectivity index (χ1v) is 11.3. The van der Waals surface area contributed by atoms with Crippen LogP contribution in [-0.4, -0.2) is 11.2 Å². The summed E-state index contributed by atoms with van der Waals surface area (Å²) in [7, 11) is 0. The van der Waals surface area contributed by atoms with E-state index < -0.39 is 5.82 Å². The topological polar surface area (TPSA) is 29.1 Å². The van der Waals surface area contributed by atoms with Crippen LogP contribution in [0.4, 0.5) is 10.1 Å². The maximum atomic E-state index is 13.3. The molecular weight excluding hydrogens is 496 g/mol. The molecule has 0 unspecified atom stereocenters. The summed E-state index contributed by atoms with van der Waals surface area (Å²) in [6.45, 7) is 4.68. The van der Waals surface area contributed by atoms with Gasteiger partial charge in [0.1, 0.15) is 5.82 Å². The number of hydrogen-bond acceptors (Lipinski definition) is 2. The Morgan fingerprint density at radius 2 is 1.93 bits per heavy atom. The highest BCUT2D eigenvalue weighted by Crippen LogP contribution is 2.42. The molecule has 0 spiro atoms. The minimum atomic E-state index is -0.502. The normalized spacial score (nSPS) is 16.9. The number of rotatable bonds is 4. The van der Waals surface area contributed by atoms with Crippen LogP contribution in [0.5, 0.6) is 0 Å². The molecule has 6 heteroatoms. The van der Waals surface area contributed by atoms with Crippen LogP contribution in [0.1, 0.15) is 49.9 Å². The van der Waals surface area contributed by atoms with Gasteiger partial charge in [0.2, 0.25) is 0 Å². The third-order valence-electron chi connectivity index (χ3n) is 4.95. The first-order chi connectivity index (χ1) is 12.7. The molecule has 1 aliphatic rings. The highest BCUT2D eigenvalue weighted by atomic mass is 127. The molecule has 0 atom stereocenters. The van der Waals surface area contributed by atoms with Gasteiger partial charge in [0.05, 0.1) is 5.02 Å². The second kappa shape index (κ2) is 8.70. The molecule has 1 fully saturated rings. The van der Waals surface area contributed by atoms with E-state index in [9.17, 15) is 9.18 Å². The van der Waals surface area contributed by atoms with Crippen molar-refractivity contribution in [3.63, 3.8) is 0 Å². The summed E-state index contributed by atoms with van der Waals surface area (Å²) in [6, 6.07) is 9.91. The molecule has 0 heterocycles. The van der Waals surface area contributed by atoms with E-state index in [-0.39, 0.29) is 10.9 Å². The molecule has 0 saturated heterocycles. The third-order valence-corrected chi connectivity index (χ3v) is 7.94. The molecule has 2 aromatic rings. The van der Waals surface area contributed by atoms with Gasteiger partial charge in [0.25, 0.3) is 5.91 Å². The van der Waals surface area contributed by atoms with Gasteiger partial charge in [0, 0.05) is 25.0 Å². The molecule has 0 aromatic heterocycles. The predicted octanol–water partition coefficient (Wildman–Crippen LogP) is 7.40. The summed E-state index contributed by atoms with van der Waals surface area (Å²) in [5.74, 6) is -0.723. The fraction of sp³-hybridized carbons (Fsp3) is 0.381. The van der Waals surface area contributed by atoms with Gasteiger partial charge in [-0.05, 0) is 90.1 Å². The molecule has 1 N–H and O–H groups in total. The number of carbonyl (C=O) groups excluding carboxylic acids is 1. The van der Waals surface area contributed by atoms with Crippen molar-refractivity contribution in [1.82, 2.24) is 0 Å². The molecule has 1 saturated carbocycles. The monoisotopic (exact) mass is 517 g/mol. The Morgan fingerprint density at radius 3 is 2.59 bits per heavy atom. The molecule has 0 aliphatic heterocycles. The van der Waals surface area contributed by atoms with Crippen molar-refractivity contribution in [2.24, 2.45) is 5.41 Å². The number of benzene rings is 2. The molecular formula is C21H22ClFINOS. The van der Waals surface area contributed by atoms with Crippen LogP contribution < -0.4 is 5.32 Å². The summed E-state index contributed by atoms with van der Waals surface area (Å²) in [4.78, 5) is 13.7. The molecule has 2 aromatic carbocycles. The van der Waals surface area contributed by atoms with Crippen LogP contribution in [0.2, 0.25) is 5.02 Å². The van der Waals surface area contributed by atoms with E-state index in [1.165, 1.54) is 43.9 Å². The van der Waals surface area contributed by atoms with E-state index in [0.29, 0.717) is 21.9 Å². The summed E-state index contributed by atoms with van der Waals surface area (Å²) < 4.78 is 14.4. The number of carbonyl (C=O) groups is 1. The molecule has 3 rings (SSSR count). The second-order valence-electron chi connectivity index (χ2n) is 7.71. The molecule has 1 aliphatic carbocycles. The smallest absolute Gasteiger partial charge is 0.255 e. The van der Waals surface area contributed by atoms with Gasteiger partial charge in [-0.1, -0.05) is 25.4 Å². The molecule has 0 radical (unpaired) electrons. The van der Waals surface area contributed by atoms with Crippen molar-refractivity contribution >= 4 is 57.5 Å². The van der Waals surface area contributed by atoms with Crippen LogP contribution in [0.3, 0.4) is 0 Å². The van der Waals surface area contributed by atoms with Crippen LogP contribution in [0, 0.1) is 14.8 Å². The quantitative estimate of drug-likeness (QED) is 0.428. The van der Waals surface area contributed by atoms with E-state index in [4.69, 9.17) is 11.6 Å². The van der Waals surface area contributed by atoms with Crippen molar-refractivity contribution in [1.29, 1.82) is 0 Å². The van der Waals surface area contributed by atoms with Crippen molar-refractivity contribution in [3.8, 4) is 0 Å². The summed E-state index contributed by atoms with van der Waals surface area (Å²) >= 11 is 9.99.